The number of carboxylic acid groups (broad SMARTS) is 1. The summed E-state index contributed by atoms with van der Waals surface area (Å²) in [5.74, 6) is -2.46. The van der Waals surface area contributed by atoms with E-state index in [4.69, 9.17) is 4.74 Å². The van der Waals surface area contributed by atoms with Crippen molar-refractivity contribution in [3.8, 4) is 0 Å². The molecular formula is C19H17N6NaO6S2. The summed E-state index contributed by atoms with van der Waals surface area (Å²) in [5, 5.41) is 27.3. The molecule has 1 aromatic carbocycles. The fourth-order valence-corrected chi connectivity index (χ4v) is 5.99. The first kappa shape index (κ1) is 26.2. The van der Waals surface area contributed by atoms with Crippen molar-refractivity contribution in [3.05, 3.63) is 47.2 Å². The second kappa shape index (κ2) is 11.4. The van der Waals surface area contributed by atoms with Crippen LogP contribution in [0.1, 0.15) is 18.6 Å². The zero-order valence-electron chi connectivity index (χ0n) is 18.0. The van der Waals surface area contributed by atoms with Gasteiger partial charge in [-0.15, -0.1) is 22.0 Å². The Balaban J connectivity index is 0.00000324. The number of nitrogens with zero attached hydrogens (tertiary/aromatic N) is 4. The van der Waals surface area contributed by atoms with Gasteiger partial charge in [-0.1, -0.05) is 42.1 Å². The first-order chi connectivity index (χ1) is 15.9. The summed E-state index contributed by atoms with van der Waals surface area (Å²) < 4.78 is 4.93. The molecule has 2 unspecified atom stereocenters. The molecule has 12 nitrogen and oxygen atoms in total. The molecule has 2 N–H and O–H groups in total. The van der Waals surface area contributed by atoms with Crippen LogP contribution in [0.25, 0.3) is 0 Å². The number of thioether (sulfide) groups is 2. The van der Waals surface area contributed by atoms with Gasteiger partial charge in [0.25, 0.3) is 18.3 Å². The summed E-state index contributed by atoms with van der Waals surface area (Å²) in [5.41, 5.74) is 0.698. The first-order valence-electron chi connectivity index (χ1n) is 9.66. The van der Waals surface area contributed by atoms with E-state index in [-0.39, 0.29) is 47.0 Å². The Hall–Kier alpha value is -2.39. The average molecular weight is 513 g/mol. The third kappa shape index (κ3) is 5.15. The summed E-state index contributed by atoms with van der Waals surface area (Å²) in [7, 11) is 0. The third-order valence-electron chi connectivity index (χ3n) is 5.12. The Morgan fingerprint density at radius 3 is 2.74 bits per heavy atom. The van der Waals surface area contributed by atoms with Gasteiger partial charge in [0.2, 0.25) is 11.3 Å². The number of carboxylic acids is 1. The summed E-state index contributed by atoms with van der Waals surface area (Å²) >= 11 is 2.50. The van der Waals surface area contributed by atoms with Crippen LogP contribution in [-0.2, 0) is 23.9 Å². The third-order valence-corrected chi connectivity index (χ3v) is 7.44. The number of H-pyrrole nitrogens is 1. The maximum Gasteiger partial charge on any atom is 1.00 e. The van der Waals surface area contributed by atoms with E-state index in [9.17, 15) is 24.3 Å². The molecule has 1 aromatic heterocycles. The number of carbonyl (C=O) groups is 4. The standard InChI is InChI=1S/C19H18N6O6S2.Na/c1-9(33-19-21-23-24-22-19)11-7-32-17-12(16(28)25(17)13(11)18(29)30)20-15(27)14(31-8-26)10-5-3-2-4-6-10;/h2-6,8-9,12,14,17H,7H2,1H3,(H,20,27)(H,29,30)(H,21,22,23,24);/q;+1/p-1/t9?,12?,14-,17-;/m1./s1. The number of rotatable bonds is 9. The van der Waals surface area contributed by atoms with Crippen molar-refractivity contribution in [2.75, 3.05) is 5.75 Å². The quantitative estimate of drug-likeness (QED) is 0.145. The number of aromatic nitrogens is 4. The van der Waals surface area contributed by atoms with E-state index in [0.717, 1.165) is 4.90 Å². The Morgan fingerprint density at radius 1 is 1.38 bits per heavy atom. The summed E-state index contributed by atoms with van der Waals surface area (Å²) in [6.45, 7) is 1.93. The van der Waals surface area contributed by atoms with E-state index >= 15 is 0 Å². The van der Waals surface area contributed by atoms with Gasteiger partial charge in [0.05, 0.1) is 11.7 Å². The molecule has 2 aliphatic heterocycles. The molecule has 0 aliphatic carbocycles. The molecule has 0 saturated carbocycles. The molecular weight excluding hydrogens is 495 g/mol. The van der Waals surface area contributed by atoms with Crippen LogP contribution in [0.15, 0.2) is 46.8 Å². The van der Waals surface area contributed by atoms with Crippen LogP contribution >= 0.6 is 23.5 Å². The molecule has 3 heterocycles. The van der Waals surface area contributed by atoms with Gasteiger partial charge in [-0.2, -0.15) is 5.21 Å². The normalized spacial score (nSPS) is 20.9. The maximum absolute atomic E-state index is 12.9. The number of β-lactam (4-membered cyclic amide) rings is 1. The minimum absolute atomic E-state index is 0. The topological polar surface area (TPSA) is 170 Å². The van der Waals surface area contributed by atoms with Crippen molar-refractivity contribution >= 4 is 47.8 Å². The number of hydrogen-bond acceptors (Lipinski definition) is 11. The Kier molecular flexibility index (Phi) is 8.76. The SMILES string of the molecule is CC(Sc1nn[nH]n1)C1=C(C(=O)[O-])N2C(=O)C(NC(=O)[C@H](OC=O)c3ccccc3)[C@H]2SC1.[Na+]. The van der Waals surface area contributed by atoms with Gasteiger partial charge in [-0.25, -0.2) is 0 Å². The molecule has 1 saturated heterocycles. The molecule has 15 heteroatoms. The summed E-state index contributed by atoms with van der Waals surface area (Å²) in [6, 6.07) is 7.37. The van der Waals surface area contributed by atoms with Crippen molar-refractivity contribution in [3.63, 3.8) is 0 Å². The zero-order chi connectivity index (χ0) is 23.5. The molecule has 34 heavy (non-hydrogen) atoms. The molecule has 2 amide bonds. The monoisotopic (exact) mass is 512 g/mol. The second-order valence-corrected chi connectivity index (χ2v) is 9.45. The van der Waals surface area contributed by atoms with E-state index in [2.05, 4.69) is 25.9 Å². The van der Waals surface area contributed by atoms with E-state index in [1.54, 1.807) is 37.3 Å². The van der Waals surface area contributed by atoms with Crippen LogP contribution in [0.5, 0.6) is 0 Å². The van der Waals surface area contributed by atoms with Gasteiger partial charge in [0.1, 0.15) is 11.4 Å². The van der Waals surface area contributed by atoms with Crippen LogP contribution < -0.4 is 40.0 Å². The first-order valence-corrected chi connectivity index (χ1v) is 11.6. The van der Waals surface area contributed by atoms with Gasteiger partial charge in [-0.3, -0.25) is 19.3 Å². The molecule has 0 radical (unpaired) electrons. The van der Waals surface area contributed by atoms with Crippen molar-refractivity contribution < 1.29 is 58.6 Å². The van der Waals surface area contributed by atoms with E-state index in [1.807, 2.05) is 0 Å². The smallest absolute Gasteiger partial charge is 0.543 e. The molecule has 1 fully saturated rings. The number of hydrogen-bond donors (Lipinski definition) is 2. The Morgan fingerprint density at radius 2 is 2.12 bits per heavy atom. The minimum Gasteiger partial charge on any atom is -0.543 e. The molecule has 0 spiro atoms. The minimum atomic E-state index is -1.49. The summed E-state index contributed by atoms with van der Waals surface area (Å²) in [6.07, 6.45) is -1.24. The fraction of sp³-hybridized carbons (Fsp3) is 0.316. The van der Waals surface area contributed by atoms with Gasteiger partial charge in [-0.05, 0) is 17.7 Å². The van der Waals surface area contributed by atoms with Crippen LogP contribution in [0, 0.1) is 0 Å². The van der Waals surface area contributed by atoms with Crippen LogP contribution in [0.2, 0.25) is 0 Å². The van der Waals surface area contributed by atoms with E-state index < -0.39 is 35.3 Å². The number of tetrazole rings is 1. The molecule has 4 atom stereocenters. The van der Waals surface area contributed by atoms with E-state index in [0.29, 0.717) is 22.0 Å². The van der Waals surface area contributed by atoms with Crippen LogP contribution in [0.4, 0.5) is 0 Å². The predicted octanol–water partition coefficient (Wildman–Crippen LogP) is -4.00. The van der Waals surface area contributed by atoms with Gasteiger partial charge in [0.15, 0.2) is 0 Å². The Labute approximate surface area is 223 Å². The molecule has 2 aromatic rings. The van der Waals surface area contributed by atoms with Gasteiger partial charge < -0.3 is 20.0 Å². The number of aromatic amines is 1. The molecule has 172 valence electrons. The average Bonchev–Trinajstić information content (AvgIpc) is 3.33. The number of benzene rings is 1. The van der Waals surface area contributed by atoms with E-state index in [1.165, 1.54) is 23.5 Å². The maximum atomic E-state index is 12.9. The second-order valence-electron chi connectivity index (χ2n) is 7.03. The largest absolute Gasteiger partial charge is 1.00 e. The molecule has 0 bridgehead atoms. The van der Waals surface area contributed by atoms with Crippen molar-refractivity contribution in [1.29, 1.82) is 0 Å². The number of fused-ring (bicyclic) bond motifs is 1. The predicted molar refractivity (Wildman–Crippen MR) is 113 cm³/mol. The number of carbonyl (C=O) groups excluding carboxylic acids is 4. The van der Waals surface area contributed by atoms with Gasteiger partial charge >= 0.3 is 29.6 Å². The summed E-state index contributed by atoms with van der Waals surface area (Å²) in [4.78, 5) is 49.6. The number of aliphatic carboxylic acids is 1. The fourth-order valence-electron chi connectivity index (χ4n) is 3.58. The number of amides is 2. The number of ether oxygens (including phenoxy) is 1. The van der Waals surface area contributed by atoms with Gasteiger partial charge in [0, 0.05) is 16.6 Å². The van der Waals surface area contributed by atoms with Crippen LogP contribution in [0.3, 0.4) is 0 Å². The molecule has 2 aliphatic rings. The van der Waals surface area contributed by atoms with Crippen molar-refractivity contribution in [2.24, 2.45) is 0 Å². The van der Waals surface area contributed by atoms with Crippen molar-refractivity contribution in [1.82, 2.24) is 30.8 Å². The van der Waals surface area contributed by atoms with Crippen LogP contribution in [-0.4, -0.2) is 72.2 Å². The van der Waals surface area contributed by atoms with Crippen molar-refractivity contribution in [2.45, 2.75) is 34.8 Å². The molecule has 4 rings (SSSR count). The number of nitrogens with one attached hydrogen (secondary N) is 2. The Bertz CT molecular complexity index is 1100. The zero-order valence-corrected chi connectivity index (χ0v) is 21.7.